The Balaban J connectivity index is 1.64. The van der Waals surface area contributed by atoms with Gasteiger partial charge < -0.3 is 9.72 Å². The van der Waals surface area contributed by atoms with Crippen molar-refractivity contribution in [1.29, 1.82) is 0 Å². The van der Waals surface area contributed by atoms with Gasteiger partial charge >= 0.3 is 0 Å². The van der Waals surface area contributed by atoms with Gasteiger partial charge in [-0.2, -0.15) is 0 Å². The second-order valence-electron chi connectivity index (χ2n) is 6.26. The molecule has 1 aromatic heterocycles. The number of fused-ring (bicyclic) bond motifs is 1. The molecule has 1 fully saturated rings. The maximum atomic E-state index is 14.0. The molecule has 2 heterocycles. The normalized spacial score (nSPS) is 16.1. The largest absolute Gasteiger partial charge is 0.381 e. The van der Waals surface area contributed by atoms with Crippen LogP contribution in [0.3, 0.4) is 0 Å². The van der Waals surface area contributed by atoms with Gasteiger partial charge in [-0.05, 0) is 54.7 Å². The fraction of sp³-hybridized carbons (Fsp3) is 0.250. The molecule has 128 valence electrons. The van der Waals surface area contributed by atoms with Crippen molar-refractivity contribution in [2.24, 2.45) is 5.92 Å². The van der Waals surface area contributed by atoms with Crippen LogP contribution in [0.4, 0.5) is 8.78 Å². The summed E-state index contributed by atoms with van der Waals surface area (Å²) in [4.78, 5) is 7.75. The number of hydrogen-bond donors (Lipinski definition) is 1. The fourth-order valence-corrected chi connectivity index (χ4v) is 3.17. The van der Waals surface area contributed by atoms with Crippen LogP contribution >= 0.6 is 0 Å². The highest BCUT2D eigenvalue weighted by Gasteiger charge is 2.13. The van der Waals surface area contributed by atoms with Crippen LogP contribution in [0.1, 0.15) is 18.7 Å². The number of nitrogens with zero attached hydrogens (tertiary/aromatic N) is 1. The summed E-state index contributed by atoms with van der Waals surface area (Å²) < 4.78 is 33.3. The minimum atomic E-state index is -0.575. The second-order valence-corrected chi connectivity index (χ2v) is 6.26. The number of allylic oxidation sites excluding steroid dienone is 1. The summed E-state index contributed by atoms with van der Waals surface area (Å²) >= 11 is 0. The van der Waals surface area contributed by atoms with Crippen LogP contribution in [0.25, 0.3) is 28.2 Å². The van der Waals surface area contributed by atoms with Gasteiger partial charge in [-0.3, -0.25) is 0 Å². The van der Waals surface area contributed by atoms with E-state index in [0.717, 1.165) is 37.4 Å². The van der Waals surface area contributed by atoms with E-state index in [1.54, 1.807) is 18.2 Å². The van der Waals surface area contributed by atoms with E-state index in [1.807, 2.05) is 6.08 Å². The first-order valence-corrected chi connectivity index (χ1v) is 8.41. The Bertz CT molecular complexity index is 906. The lowest BCUT2D eigenvalue weighted by Gasteiger charge is -2.18. The zero-order valence-corrected chi connectivity index (χ0v) is 13.6. The summed E-state index contributed by atoms with van der Waals surface area (Å²) in [6.45, 7) is 1.60. The number of nitrogens with one attached hydrogen (secondary N) is 1. The molecule has 0 amide bonds. The lowest BCUT2D eigenvalue weighted by Crippen LogP contribution is -2.13. The Morgan fingerprint density at radius 2 is 1.84 bits per heavy atom. The molecular formula is C20H18F2N2O. The molecule has 0 aliphatic carbocycles. The molecule has 0 atom stereocenters. The van der Waals surface area contributed by atoms with Crippen molar-refractivity contribution in [1.82, 2.24) is 9.97 Å². The number of benzene rings is 2. The Hall–Kier alpha value is -2.53. The van der Waals surface area contributed by atoms with Crippen LogP contribution in [0.2, 0.25) is 0 Å². The van der Waals surface area contributed by atoms with Gasteiger partial charge in [0.15, 0.2) is 0 Å². The van der Waals surface area contributed by atoms with Gasteiger partial charge in [-0.25, -0.2) is 13.8 Å². The third-order valence-electron chi connectivity index (χ3n) is 4.55. The highest BCUT2D eigenvalue weighted by Crippen LogP contribution is 2.28. The highest BCUT2D eigenvalue weighted by molar-refractivity contribution is 5.83. The standard InChI is InChI=1S/C20H18F2N2O/c21-15-2-1-3-16(22)20(15)14-5-6-17-18(12-14)24-19(23-17)7-4-13-8-10-25-11-9-13/h1-7,12-13H,8-11H2,(H,23,24). The van der Waals surface area contributed by atoms with Crippen molar-refractivity contribution in [2.75, 3.05) is 13.2 Å². The minimum Gasteiger partial charge on any atom is -0.381 e. The number of rotatable bonds is 3. The van der Waals surface area contributed by atoms with Crippen molar-refractivity contribution >= 4 is 17.1 Å². The number of H-pyrrole nitrogens is 1. The zero-order valence-electron chi connectivity index (χ0n) is 13.6. The quantitative estimate of drug-likeness (QED) is 0.733. The van der Waals surface area contributed by atoms with Crippen molar-refractivity contribution in [3.63, 3.8) is 0 Å². The summed E-state index contributed by atoms with van der Waals surface area (Å²) in [5.41, 5.74) is 1.99. The smallest absolute Gasteiger partial charge is 0.133 e. The van der Waals surface area contributed by atoms with Gasteiger partial charge in [0, 0.05) is 13.2 Å². The van der Waals surface area contributed by atoms with Gasteiger partial charge in [0.2, 0.25) is 0 Å². The predicted molar refractivity (Wildman–Crippen MR) is 94.0 cm³/mol. The van der Waals surface area contributed by atoms with E-state index in [1.165, 1.54) is 18.2 Å². The number of hydrogen-bond acceptors (Lipinski definition) is 2. The van der Waals surface area contributed by atoms with Gasteiger partial charge in [0.05, 0.1) is 16.6 Å². The third-order valence-corrected chi connectivity index (χ3v) is 4.55. The number of halogens is 2. The first-order valence-electron chi connectivity index (χ1n) is 8.41. The average Bonchev–Trinajstić information content (AvgIpc) is 3.03. The van der Waals surface area contributed by atoms with Crippen LogP contribution in [-0.2, 0) is 4.74 Å². The molecule has 5 heteroatoms. The molecule has 0 unspecified atom stereocenters. The molecule has 0 saturated carbocycles. The van der Waals surface area contributed by atoms with E-state index < -0.39 is 11.6 Å². The molecule has 25 heavy (non-hydrogen) atoms. The van der Waals surface area contributed by atoms with Crippen LogP contribution in [-0.4, -0.2) is 23.2 Å². The van der Waals surface area contributed by atoms with E-state index >= 15 is 0 Å². The van der Waals surface area contributed by atoms with Crippen LogP contribution in [0, 0.1) is 17.6 Å². The highest BCUT2D eigenvalue weighted by atomic mass is 19.1. The molecular weight excluding hydrogens is 322 g/mol. The van der Waals surface area contributed by atoms with E-state index in [2.05, 4.69) is 16.0 Å². The number of imidazole rings is 1. The third kappa shape index (κ3) is 3.33. The number of aromatic amines is 1. The fourth-order valence-electron chi connectivity index (χ4n) is 3.17. The van der Waals surface area contributed by atoms with Gasteiger partial charge in [0.25, 0.3) is 0 Å². The van der Waals surface area contributed by atoms with E-state index in [9.17, 15) is 8.78 Å². The molecule has 3 aromatic rings. The topological polar surface area (TPSA) is 37.9 Å². The molecule has 0 bridgehead atoms. The summed E-state index contributed by atoms with van der Waals surface area (Å²) in [6, 6.07) is 9.09. The lowest BCUT2D eigenvalue weighted by atomic mass is 10.00. The van der Waals surface area contributed by atoms with Gasteiger partial charge in [-0.15, -0.1) is 0 Å². The molecule has 1 saturated heterocycles. The van der Waals surface area contributed by atoms with E-state index in [4.69, 9.17) is 4.74 Å². The van der Waals surface area contributed by atoms with Crippen LogP contribution in [0.5, 0.6) is 0 Å². The number of aromatic nitrogens is 2. The molecule has 3 nitrogen and oxygen atoms in total. The summed E-state index contributed by atoms with van der Waals surface area (Å²) in [5.74, 6) is 0.0988. The Morgan fingerprint density at radius 1 is 1.08 bits per heavy atom. The zero-order chi connectivity index (χ0) is 17.2. The lowest BCUT2D eigenvalue weighted by molar-refractivity contribution is 0.0787. The summed E-state index contributed by atoms with van der Waals surface area (Å²) in [5, 5.41) is 0. The van der Waals surface area contributed by atoms with Crippen LogP contribution in [0.15, 0.2) is 42.5 Å². The number of ether oxygens (including phenoxy) is 1. The van der Waals surface area contributed by atoms with E-state index in [0.29, 0.717) is 17.0 Å². The molecule has 2 aromatic carbocycles. The Labute approximate surface area is 144 Å². The maximum absolute atomic E-state index is 14.0. The van der Waals surface area contributed by atoms with Crippen molar-refractivity contribution < 1.29 is 13.5 Å². The van der Waals surface area contributed by atoms with Crippen molar-refractivity contribution in [3.8, 4) is 11.1 Å². The van der Waals surface area contributed by atoms with Gasteiger partial charge in [-0.1, -0.05) is 18.2 Å². The van der Waals surface area contributed by atoms with Crippen LogP contribution < -0.4 is 0 Å². The summed E-state index contributed by atoms with van der Waals surface area (Å²) in [7, 11) is 0. The SMILES string of the molecule is Fc1cccc(F)c1-c1ccc2[nH]c(C=CC3CCOCC3)nc2c1. The van der Waals surface area contributed by atoms with Crippen molar-refractivity contribution in [2.45, 2.75) is 12.8 Å². The molecule has 1 N–H and O–H groups in total. The molecule has 0 spiro atoms. The minimum absolute atomic E-state index is 0.0216. The molecule has 4 rings (SSSR count). The predicted octanol–water partition coefficient (Wildman–Crippen LogP) is 4.95. The molecule has 0 radical (unpaired) electrons. The first-order chi connectivity index (χ1) is 12.2. The van der Waals surface area contributed by atoms with Crippen molar-refractivity contribution in [3.05, 3.63) is 59.9 Å². The monoisotopic (exact) mass is 340 g/mol. The second kappa shape index (κ2) is 6.76. The maximum Gasteiger partial charge on any atom is 0.133 e. The van der Waals surface area contributed by atoms with Gasteiger partial charge in [0.1, 0.15) is 17.5 Å². The Kier molecular flexibility index (Phi) is 4.32. The molecule has 1 aliphatic heterocycles. The Morgan fingerprint density at radius 3 is 2.60 bits per heavy atom. The molecule has 1 aliphatic rings. The summed E-state index contributed by atoms with van der Waals surface area (Å²) in [6.07, 6.45) is 6.16. The first kappa shape index (κ1) is 16.0. The van der Waals surface area contributed by atoms with E-state index in [-0.39, 0.29) is 5.56 Å². The average molecular weight is 340 g/mol.